The minimum Gasteiger partial charge on any atom is -0.495 e. The van der Waals surface area contributed by atoms with E-state index in [1.54, 1.807) is 32.0 Å². The van der Waals surface area contributed by atoms with E-state index in [1.165, 1.54) is 13.2 Å². The van der Waals surface area contributed by atoms with Crippen molar-refractivity contribution < 1.29 is 27.1 Å². The molecule has 0 fully saturated rings. The summed E-state index contributed by atoms with van der Waals surface area (Å²) in [7, 11) is -2.75. The lowest BCUT2D eigenvalue weighted by Gasteiger charge is -2.25. The molecule has 0 N–H and O–H groups in total. The number of halogens is 1. The molecule has 140 valence electrons. The molecule has 0 saturated carbocycles. The topological polar surface area (TPSA) is 72.9 Å². The summed E-state index contributed by atoms with van der Waals surface area (Å²) in [6.45, 7) is 2.79. The predicted molar refractivity (Wildman–Crippen MR) is 95.2 cm³/mol. The summed E-state index contributed by atoms with van der Waals surface area (Å²) < 4.78 is 50.5. The Morgan fingerprint density at radius 3 is 2.31 bits per heavy atom. The zero-order chi connectivity index (χ0) is 19.3. The number of nitrogens with zero attached hydrogens (tertiary/aromatic N) is 1. The van der Waals surface area contributed by atoms with Crippen molar-refractivity contribution in [2.75, 3.05) is 18.0 Å². The zero-order valence-electron chi connectivity index (χ0n) is 14.7. The van der Waals surface area contributed by atoms with Crippen LogP contribution in [-0.4, -0.2) is 34.1 Å². The van der Waals surface area contributed by atoms with Gasteiger partial charge in [-0.3, -0.25) is 9.10 Å². The maximum absolute atomic E-state index is 13.2. The van der Waals surface area contributed by atoms with E-state index < -0.39 is 34.5 Å². The third-order valence-electron chi connectivity index (χ3n) is 3.40. The minimum atomic E-state index is -4.15. The summed E-state index contributed by atoms with van der Waals surface area (Å²) in [5.41, 5.74) is 0.181. The molecular formula is C18H20FNO5S. The first kappa shape index (κ1) is 19.7. The summed E-state index contributed by atoms with van der Waals surface area (Å²) >= 11 is 0. The van der Waals surface area contributed by atoms with Crippen LogP contribution in [0.1, 0.15) is 13.8 Å². The number of benzene rings is 2. The van der Waals surface area contributed by atoms with Crippen molar-refractivity contribution in [3.8, 4) is 5.75 Å². The molecule has 0 aliphatic rings. The molecule has 0 spiro atoms. The first-order valence-corrected chi connectivity index (χ1v) is 9.30. The average Bonchev–Trinajstić information content (AvgIpc) is 2.59. The number of hydrogen-bond acceptors (Lipinski definition) is 5. The number of carbonyl (C=O) groups is 1. The first-order chi connectivity index (χ1) is 12.3. The number of ether oxygens (including phenoxy) is 2. The number of hydrogen-bond donors (Lipinski definition) is 0. The summed E-state index contributed by atoms with van der Waals surface area (Å²) in [6, 6.07) is 10.8. The summed E-state index contributed by atoms with van der Waals surface area (Å²) in [4.78, 5) is 12.0. The van der Waals surface area contributed by atoms with Crippen LogP contribution in [0.3, 0.4) is 0 Å². The van der Waals surface area contributed by atoms with Crippen LogP contribution in [0.5, 0.6) is 5.75 Å². The van der Waals surface area contributed by atoms with Gasteiger partial charge in [0.1, 0.15) is 18.1 Å². The molecule has 2 aromatic carbocycles. The summed E-state index contributed by atoms with van der Waals surface area (Å²) in [6.07, 6.45) is -0.393. The molecule has 26 heavy (non-hydrogen) atoms. The van der Waals surface area contributed by atoms with E-state index in [-0.39, 0.29) is 16.3 Å². The number of anilines is 1. The molecule has 0 unspecified atom stereocenters. The fourth-order valence-corrected chi connectivity index (χ4v) is 3.71. The molecule has 0 aliphatic heterocycles. The van der Waals surface area contributed by atoms with Crippen LogP contribution in [0.4, 0.5) is 10.1 Å². The molecule has 0 aromatic heterocycles. The average molecular weight is 381 g/mol. The van der Waals surface area contributed by atoms with Crippen LogP contribution in [0.15, 0.2) is 53.4 Å². The second-order valence-corrected chi connectivity index (χ2v) is 7.54. The normalized spacial score (nSPS) is 11.3. The number of sulfonamides is 1. The third-order valence-corrected chi connectivity index (χ3v) is 5.17. The van der Waals surface area contributed by atoms with Gasteiger partial charge in [0.05, 0.1) is 23.8 Å². The summed E-state index contributed by atoms with van der Waals surface area (Å²) in [5.74, 6) is -1.00. The molecule has 0 atom stereocenters. The second-order valence-electron chi connectivity index (χ2n) is 5.68. The van der Waals surface area contributed by atoms with Crippen molar-refractivity contribution in [2.45, 2.75) is 24.8 Å². The smallest absolute Gasteiger partial charge is 0.327 e. The Morgan fingerprint density at radius 2 is 1.73 bits per heavy atom. The Bertz CT molecular complexity index is 865. The maximum atomic E-state index is 13.2. The molecule has 0 saturated heterocycles. The van der Waals surface area contributed by atoms with Gasteiger partial charge >= 0.3 is 5.97 Å². The molecule has 2 rings (SSSR count). The fraction of sp³-hybridized carbons (Fsp3) is 0.278. The van der Waals surface area contributed by atoms with Gasteiger partial charge in [0.2, 0.25) is 0 Å². The number of carbonyl (C=O) groups excluding carboxylic acids is 1. The Morgan fingerprint density at radius 1 is 1.12 bits per heavy atom. The highest BCUT2D eigenvalue weighted by molar-refractivity contribution is 7.92. The number of esters is 1. The first-order valence-electron chi connectivity index (χ1n) is 7.86. The van der Waals surface area contributed by atoms with E-state index in [0.29, 0.717) is 0 Å². The number of methoxy groups -OCH3 is 1. The molecule has 0 aliphatic carbocycles. The molecule has 6 nitrogen and oxygen atoms in total. The standard InChI is InChI=1S/C18H20FNO5S/c1-13(2)25-18(21)12-20(16-6-4-5-7-17(16)24-3)26(22,23)15-10-8-14(19)9-11-15/h4-11,13H,12H2,1-3H3. The van der Waals surface area contributed by atoms with E-state index in [9.17, 15) is 17.6 Å². The van der Waals surface area contributed by atoms with Gasteiger partial charge in [-0.1, -0.05) is 12.1 Å². The van der Waals surface area contributed by atoms with E-state index in [1.807, 2.05) is 0 Å². The van der Waals surface area contributed by atoms with Gasteiger partial charge in [0.25, 0.3) is 10.0 Å². The van der Waals surface area contributed by atoms with Crippen LogP contribution in [0, 0.1) is 5.82 Å². The fourth-order valence-electron chi connectivity index (χ4n) is 2.29. The largest absolute Gasteiger partial charge is 0.495 e. The van der Waals surface area contributed by atoms with Crippen molar-refractivity contribution in [3.05, 3.63) is 54.3 Å². The highest BCUT2D eigenvalue weighted by Crippen LogP contribution is 2.32. The lowest BCUT2D eigenvalue weighted by molar-refractivity contribution is -0.145. The van der Waals surface area contributed by atoms with E-state index in [4.69, 9.17) is 9.47 Å². The van der Waals surface area contributed by atoms with Crippen LogP contribution in [-0.2, 0) is 19.6 Å². The quantitative estimate of drug-likeness (QED) is 0.690. The molecule has 2 aromatic rings. The Balaban J connectivity index is 2.52. The van der Waals surface area contributed by atoms with Gasteiger partial charge in [0, 0.05) is 0 Å². The number of para-hydroxylation sites is 2. The van der Waals surface area contributed by atoms with Crippen molar-refractivity contribution >= 4 is 21.7 Å². The number of rotatable bonds is 7. The third kappa shape index (κ3) is 4.51. The molecule has 0 radical (unpaired) electrons. The van der Waals surface area contributed by atoms with Gasteiger partial charge in [-0.2, -0.15) is 0 Å². The van der Waals surface area contributed by atoms with Gasteiger partial charge in [-0.25, -0.2) is 12.8 Å². The van der Waals surface area contributed by atoms with Crippen molar-refractivity contribution in [2.24, 2.45) is 0 Å². The van der Waals surface area contributed by atoms with Crippen LogP contribution >= 0.6 is 0 Å². The maximum Gasteiger partial charge on any atom is 0.327 e. The van der Waals surface area contributed by atoms with Crippen LogP contribution < -0.4 is 9.04 Å². The lowest BCUT2D eigenvalue weighted by atomic mass is 10.3. The summed E-state index contributed by atoms with van der Waals surface area (Å²) in [5, 5.41) is 0. The van der Waals surface area contributed by atoms with Gasteiger partial charge in [0.15, 0.2) is 0 Å². The lowest BCUT2D eigenvalue weighted by Crippen LogP contribution is -2.37. The van der Waals surface area contributed by atoms with E-state index in [2.05, 4.69) is 0 Å². The Hall–Kier alpha value is -2.61. The predicted octanol–water partition coefficient (Wildman–Crippen LogP) is 2.98. The van der Waals surface area contributed by atoms with E-state index in [0.717, 1.165) is 28.6 Å². The van der Waals surface area contributed by atoms with Crippen LogP contribution in [0.25, 0.3) is 0 Å². The Labute approximate surface area is 152 Å². The van der Waals surface area contributed by atoms with Gasteiger partial charge in [-0.15, -0.1) is 0 Å². The van der Waals surface area contributed by atoms with E-state index >= 15 is 0 Å². The molecule has 0 heterocycles. The monoisotopic (exact) mass is 381 g/mol. The van der Waals surface area contributed by atoms with Crippen molar-refractivity contribution in [3.63, 3.8) is 0 Å². The highest BCUT2D eigenvalue weighted by Gasteiger charge is 2.30. The molecule has 0 amide bonds. The van der Waals surface area contributed by atoms with Gasteiger partial charge in [-0.05, 0) is 50.2 Å². The SMILES string of the molecule is COc1ccccc1N(CC(=O)OC(C)C)S(=O)(=O)c1ccc(F)cc1. The highest BCUT2D eigenvalue weighted by atomic mass is 32.2. The molecule has 8 heteroatoms. The minimum absolute atomic E-state index is 0.151. The van der Waals surface area contributed by atoms with Crippen molar-refractivity contribution in [1.29, 1.82) is 0 Å². The Kier molecular flexibility index (Phi) is 6.20. The second kappa shape index (κ2) is 8.18. The van der Waals surface area contributed by atoms with Gasteiger partial charge < -0.3 is 9.47 Å². The van der Waals surface area contributed by atoms with Crippen molar-refractivity contribution in [1.82, 2.24) is 0 Å². The zero-order valence-corrected chi connectivity index (χ0v) is 15.5. The molecule has 0 bridgehead atoms. The molecular weight excluding hydrogens is 361 g/mol. The van der Waals surface area contributed by atoms with Crippen LogP contribution in [0.2, 0.25) is 0 Å².